The van der Waals surface area contributed by atoms with E-state index in [0.29, 0.717) is 0 Å². The number of hydrogen-bond donors (Lipinski definition) is 1. The van der Waals surface area contributed by atoms with Crippen LogP contribution in [0.3, 0.4) is 0 Å². The third-order valence-electron chi connectivity index (χ3n) is 2.60. The van der Waals surface area contributed by atoms with Gasteiger partial charge in [-0.15, -0.1) is 0 Å². The van der Waals surface area contributed by atoms with Crippen molar-refractivity contribution in [2.24, 2.45) is 0 Å². The van der Waals surface area contributed by atoms with E-state index in [4.69, 9.17) is 0 Å². The fourth-order valence-corrected chi connectivity index (χ4v) is 2.13. The highest BCUT2D eigenvalue weighted by molar-refractivity contribution is 4.73. The molecule has 2 bridgehead atoms. The largest absolute Gasteiger partial charge is 0.341 e. The topological polar surface area (TPSA) is 16.6 Å². The lowest BCUT2D eigenvalue weighted by Gasteiger charge is -2.16. The number of nitrogens with two attached hydrogens (primary N) is 1. The van der Waals surface area contributed by atoms with Gasteiger partial charge in [-0.05, 0) is 19.3 Å². The SMILES string of the molecule is C1CC2CCC(C1)[NH2+]2. The number of quaternary nitrogens is 1. The molecule has 0 amide bonds. The Balaban J connectivity index is 2.03. The smallest absolute Gasteiger partial charge is 0.0863 e. The Hall–Kier alpha value is -0.0400. The van der Waals surface area contributed by atoms with Gasteiger partial charge in [0.25, 0.3) is 0 Å². The highest BCUT2D eigenvalue weighted by atomic mass is 15.0. The van der Waals surface area contributed by atoms with Gasteiger partial charge < -0.3 is 5.32 Å². The van der Waals surface area contributed by atoms with Crippen molar-refractivity contribution in [2.75, 3.05) is 0 Å². The van der Waals surface area contributed by atoms with Crippen molar-refractivity contribution >= 4 is 0 Å². The van der Waals surface area contributed by atoms with E-state index < -0.39 is 0 Å². The molecule has 0 spiro atoms. The predicted octanol–water partition coefficient (Wildman–Crippen LogP) is 0.265. The molecule has 46 valence electrons. The molecule has 0 aliphatic carbocycles. The molecular formula is C7H14N+. The summed E-state index contributed by atoms with van der Waals surface area (Å²) in [4.78, 5) is 0. The normalized spacial score (nSPS) is 45.0. The maximum atomic E-state index is 2.59. The minimum atomic E-state index is 1.04. The molecule has 0 radical (unpaired) electrons. The van der Waals surface area contributed by atoms with Gasteiger partial charge in [-0.1, -0.05) is 0 Å². The summed E-state index contributed by atoms with van der Waals surface area (Å²) in [5.41, 5.74) is 0. The van der Waals surface area contributed by atoms with Crippen molar-refractivity contribution in [3.63, 3.8) is 0 Å². The molecule has 0 saturated carbocycles. The summed E-state index contributed by atoms with van der Waals surface area (Å²) in [7, 11) is 0. The standard InChI is InChI=1S/C7H13N/c1-2-6-4-5-7(3-1)8-6/h6-8H,1-5H2/p+1. The minimum absolute atomic E-state index is 1.04. The summed E-state index contributed by atoms with van der Waals surface area (Å²) < 4.78 is 0. The van der Waals surface area contributed by atoms with Crippen molar-refractivity contribution in [1.29, 1.82) is 0 Å². The minimum Gasteiger partial charge on any atom is -0.341 e. The lowest BCUT2D eigenvalue weighted by atomic mass is 10.1. The van der Waals surface area contributed by atoms with Crippen LogP contribution in [0.1, 0.15) is 32.1 Å². The monoisotopic (exact) mass is 112 g/mol. The highest BCUT2D eigenvalue weighted by Crippen LogP contribution is 2.19. The van der Waals surface area contributed by atoms with Gasteiger partial charge in [-0.25, -0.2) is 0 Å². The molecule has 2 unspecified atom stereocenters. The second-order valence-corrected chi connectivity index (χ2v) is 3.22. The maximum absolute atomic E-state index is 2.59. The molecule has 2 heterocycles. The van der Waals surface area contributed by atoms with Crippen molar-refractivity contribution in [3.8, 4) is 0 Å². The van der Waals surface area contributed by atoms with Crippen LogP contribution in [0.15, 0.2) is 0 Å². The van der Waals surface area contributed by atoms with Crippen LogP contribution in [0, 0.1) is 0 Å². The van der Waals surface area contributed by atoms with E-state index in [0.717, 1.165) is 12.1 Å². The molecule has 0 aromatic rings. The van der Waals surface area contributed by atoms with Gasteiger partial charge in [0.05, 0.1) is 12.1 Å². The molecule has 0 aromatic carbocycles. The summed E-state index contributed by atoms with van der Waals surface area (Å²) in [6.07, 6.45) is 7.51. The average molecular weight is 112 g/mol. The molecule has 8 heavy (non-hydrogen) atoms. The molecule has 2 aliphatic rings. The first-order valence-corrected chi connectivity index (χ1v) is 3.80. The molecule has 2 N–H and O–H groups in total. The van der Waals surface area contributed by atoms with E-state index >= 15 is 0 Å². The van der Waals surface area contributed by atoms with Gasteiger partial charge >= 0.3 is 0 Å². The van der Waals surface area contributed by atoms with Crippen LogP contribution in [-0.2, 0) is 0 Å². The number of hydrogen-bond acceptors (Lipinski definition) is 0. The van der Waals surface area contributed by atoms with Crippen molar-refractivity contribution in [2.45, 2.75) is 44.2 Å². The Morgan fingerprint density at radius 2 is 1.50 bits per heavy atom. The van der Waals surface area contributed by atoms with Crippen LogP contribution in [-0.4, -0.2) is 12.1 Å². The Morgan fingerprint density at radius 3 is 2.00 bits per heavy atom. The van der Waals surface area contributed by atoms with Crippen molar-refractivity contribution in [1.82, 2.24) is 0 Å². The van der Waals surface area contributed by atoms with Gasteiger partial charge in [-0.3, -0.25) is 0 Å². The Kier molecular flexibility index (Phi) is 1.04. The Labute approximate surface area is 50.5 Å². The fourth-order valence-electron chi connectivity index (χ4n) is 2.13. The lowest BCUT2D eigenvalue weighted by Crippen LogP contribution is -2.92. The predicted molar refractivity (Wildman–Crippen MR) is 32.6 cm³/mol. The van der Waals surface area contributed by atoms with E-state index in [1.807, 2.05) is 0 Å². The van der Waals surface area contributed by atoms with E-state index in [2.05, 4.69) is 5.32 Å². The van der Waals surface area contributed by atoms with Crippen molar-refractivity contribution in [3.05, 3.63) is 0 Å². The molecule has 1 heteroatoms. The molecule has 2 fully saturated rings. The number of rotatable bonds is 0. The highest BCUT2D eigenvalue weighted by Gasteiger charge is 2.31. The zero-order chi connectivity index (χ0) is 5.40. The molecule has 0 aromatic heterocycles. The van der Waals surface area contributed by atoms with Crippen LogP contribution in [0.5, 0.6) is 0 Å². The molecule has 2 atom stereocenters. The zero-order valence-corrected chi connectivity index (χ0v) is 5.27. The fraction of sp³-hybridized carbons (Fsp3) is 1.00. The molecule has 1 nitrogen and oxygen atoms in total. The van der Waals surface area contributed by atoms with Crippen LogP contribution in [0.4, 0.5) is 0 Å². The molecule has 2 aliphatic heterocycles. The van der Waals surface area contributed by atoms with Crippen LogP contribution < -0.4 is 5.32 Å². The molecule has 2 saturated heterocycles. The number of fused-ring (bicyclic) bond motifs is 2. The first-order valence-electron chi connectivity index (χ1n) is 3.80. The van der Waals surface area contributed by atoms with E-state index in [9.17, 15) is 0 Å². The average Bonchev–Trinajstić information content (AvgIpc) is 2.12. The third kappa shape index (κ3) is 0.655. The summed E-state index contributed by atoms with van der Waals surface area (Å²) >= 11 is 0. The first-order chi connectivity index (χ1) is 3.95. The number of piperidine rings is 1. The van der Waals surface area contributed by atoms with Crippen LogP contribution >= 0.6 is 0 Å². The van der Waals surface area contributed by atoms with Crippen LogP contribution in [0.25, 0.3) is 0 Å². The zero-order valence-electron chi connectivity index (χ0n) is 5.27. The summed E-state index contributed by atoms with van der Waals surface area (Å²) in [6, 6.07) is 2.07. The lowest BCUT2D eigenvalue weighted by molar-refractivity contribution is -0.709. The first kappa shape index (κ1) is 4.80. The van der Waals surface area contributed by atoms with E-state index in [-0.39, 0.29) is 0 Å². The maximum Gasteiger partial charge on any atom is 0.0863 e. The van der Waals surface area contributed by atoms with Gasteiger partial charge in [0.15, 0.2) is 0 Å². The molecular weight excluding hydrogens is 98.1 g/mol. The van der Waals surface area contributed by atoms with Gasteiger partial charge in [0, 0.05) is 12.8 Å². The Bertz CT molecular complexity index is 76.4. The second-order valence-electron chi connectivity index (χ2n) is 3.22. The summed E-state index contributed by atoms with van der Waals surface area (Å²) in [6.45, 7) is 0. The van der Waals surface area contributed by atoms with E-state index in [1.54, 1.807) is 0 Å². The van der Waals surface area contributed by atoms with Gasteiger partial charge in [-0.2, -0.15) is 0 Å². The van der Waals surface area contributed by atoms with Gasteiger partial charge in [0.1, 0.15) is 0 Å². The van der Waals surface area contributed by atoms with Crippen LogP contribution in [0.2, 0.25) is 0 Å². The quantitative estimate of drug-likeness (QED) is 0.463. The summed E-state index contributed by atoms with van der Waals surface area (Å²) in [5.74, 6) is 0. The molecule has 2 rings (SSSR count). The third-order valence-corrected chi connectivity index (χ3v) is 2.60. The van der Waals surface area contributed by atoms with Gasteiger partial charge in [0.2, 0.25) is 0 Å². The van der Waals surface area contributed by atoms with E-state index in [1.165, 1.54) is 32.1 Å². The second kappa shape index (κ2) is 1.73. The van der Waals surface area contributed by atoms with Crippen molar-refractivity contribution < 1.29 is 5.32 Å². The summed E-state index contributed by atoms with van der Waals surface area (Å²) in [5, 5.41) is 2.59. The Morgan fingerprint density at radius 1 is 0.875 bits per heavy atom.